The number of sulfonamides is 1. The molecule has 120 valence electrons. The Morgan fingerprint density at radius 3 is 2.62 bits per heavy atom. The smallest absolute Gasteiger partial charge is 0.215 e. The maximum Gasteiger partial charge on any atom is 0.215 e. The van der Waals surface area contributed by atoms with Crippen molar-refractivity contribution in [3.8, 4) is 0 Å². The van der Waals surface area contributed by atoms with Crippen molar-refractivity contribution in [2.75, 3.05) is 25.4 Å². The van der Waals surface area contributed by atoms with Crippen LogP contribution in [0.15, 0.2) is 22.8 Å². The second-order valence-electron chi connectivity index (χ2n) is 5.58. The molecule has 0 spiro atoms. The highest BCUT2D eigenvalue weighted by Gasteiger charge is 2.30. The molecule has 0 radical (unpaired) electrons. The average molecular weight is 316 g/mol. The first kappa shape index (κ1) is 16.5. The van der Waals surface area contributed by atoms with Gasteiger partial charge in [0.15, 0.2) is 0 Å². The van der Waals surface area contributed by atoms with Crippen molar-refractivity contribution < 1.29 is 17.6 Å². The Kier molecular flexibility index (Phi) is 5.43. The van der Waals surface area contributed by atoms with E-state index < -0.39 is 10.0 Å². The SMILES string of the molecule is C[C@@H]1CN(S(=O)(=O)CCN[C@@H](C)c2ccco2)C[C@@H](C)O1. The lowest BCUT2D eigenvalue weighted by atomic mass is 10.2. The van der Waals surface area contributed by atoms with Crippen LogP contribution in [0.5, 0.6) is 0 Å². The summed E-state index contributed by atoms with van der Waals surface area (Å²) in [7, 11) is -3.25. The molecule has 0 saturated carbocycles. The molecule has 7 heteroatoms. The summed E-state index contributed by atoms with van der Waals surface area (Å²) in [6.07, 6.45) is 1.50. The number of rotatable bonds is 6. The fraction of sp³-hybridized carbons (Fsp3) is 0.714. The third kappa shape index (κ3) is 4.54. The first-order valence-corrected chi connectivity index (χ1v) is 8.89. The molecule has 0 aliphatic carbocycles. The van der Waals surface area contributed by atoms with Crippen molar-refractivity contribution in [2.24, 2.45) is 0 Å². The molecule has 2 rings (SSSR count). The summed E-state index contributed by atoms with van der Waals surface area (Å²) >= 11 is 0. The van der Waals surface area contributed by atoms with Crippen molar-refractivity contribution in [2.45, 2.75) is 39.0 Å². The quantitative estimate of drug-likeness (QED) is 0.858. The Balaban J connectivity index is 1.84. The number of hydrogen-bond donors (Lipinski definition) is 1. The highest BCUT2D eigenvalue weighted by atomic mass is 32.2. The van der Waals surface area contributed by atoms with E-state index in [0.717, 1.165) is 5.76 Å². The second-order valence-corrected chi connectivity index (χ2v) is 7.67. The second kappa shape index (κ2) is 6.91. The van der Waals surface area contributed by atoms with E-state index in [4.69, 9.17) is 9.15 Å². The molecule has 1 aliphatic rings. The Labute approximate surface area is 126 Å². The van der Waals surface area contributed by atoms with Gasteiger partial charge >= 0.3 is 0 Å². The van der Waals surface area contributed by atoms with E-state index in [1.54, 1.807) is 6.26 Å². The lowest BCUT2D eigenvalue weighted by Crippen LogP contribution is -2.49. The number of morpholine rings is 1. The van der Waals surface area contributed by atoms with Crippen LogP contribution in [0.1, 0.15) is 32.6 Å². The highest BCUT2D eigenvalue weighted by molar-refractivity contribution is 7.89. The minimum absolute atomic E-state index is 0.00210. The summed E-state index contributed by atoms with van der Waals surface area (Å²) in [6, 6.07) is 3.69. The topological polar surface area (TPSA) is 71.8 Å². The van der Waals surface area contributed by atoms with E-state index in [-0.39, 0.29) is 24.0 Å². The van der Waals surface area contributed by atoms with Gasteiger partial charge in [-0.2, -0.15) is 4.31 Å². The van der Waals surface area contributed by atoms with Crippen LogP contribution in [-0.2, 0) is 14.8 Å². The number of nitrogens with zero attached hydrogens (tertiary/aromatic N) is 1. The van der Waals surface area contributed by atoms with Gasteiger partial charge in [-0.1, -0.05) is 0 Å². The van der Waals surface area contributed by atoms with Crippen LogP contribution in [0.25, 0.3) is 0 Å². The predicted molar refractivity (Wildman–Crippen MR) is 80.5 cm³/mol. The van der Waals surface area contributed by atoms with Gasteiger partial charge in [-0.05, 0) is 32.9 Å². The van der Waals surface area contributed by atoms with Crippen LogP contribution in [0.2, 0.25) is 0 Å². The number of furan rings is 1. The molecule has 2 heterocycles. The molecule has 3 atom stereocenters. The highest BCUT2D eigenvalue weighted by Crippen LogP contribution is 2.15. The standard InChI is InChI=1S/C14H24N2O4S/c1-11-9-16(10-12(2)20-11)21(17,18)8-6-15-13(3)14-5-4-7-19-14/h4-5,7,11-13,15H,6,8-10H2,1-3H3/t11-,12-,13+/m1/s1. The summed E-state index contributed by atoms with van der Waals surface area (Å²) in [6.45, 7) is 7.00. The van der Waals surface area contributed by atoms with E-state index in [2.05, 4.69) is 5.32 Å². The fourth-order valence-electron chi connectivity index (χ4n) is 2.53. The van der Waals surface area contributed by atoms with Crippen LogP contribution in [0, 0.1) is 0 Å². The third-order valence-electron chi connectivity index (χ3n) is 3.56. The van der Waals surface area contributed by atoms with Crippen LogP contribution in [0.4, 0.5) is 0 Å². The molecule has 1 N–H and O–H groups in total. The Morgan fingerprint density at radius 1 is 1.38 bits per heavy atom. The molecule has 1 saturated heterocycles. The number of nitrogens with one attached hydrogen (secondary N) is 1. The summed E-state index contributed by atoms with van der Waals surface area (Å²) < 4.78 is 37.1. The van der Waals surface area contributed by atoms with Crippen molar-refractivity contribution >= 4 is 10.0 Å². The van der Waals surface area contributed by atoms with Crippen molar-refractivity contribution in [1.82, 2.24) is 9.62 Å². The van der Waals surface area contributed by atoms with E-state index in [1.807, 2.05) is 32.9 Å². The van der Waals surface area contributed by atoms with Gasteiger partial charge in [0.05, 0.1) is 30.3 Å². The Morgan fingerprint density at radius 2 is 2.05 bits per heavy atom. The predicted octanol–water partition coefficient (Wildman–Crippen LogP) is 1.37. The van der Waals surface area contributed by atoms with Gasteiger partial charge < -0.3 is 14.5 Å². The molecule has 21 heavy (non-hydrogen) atoms. The molecule has 0 aromatic carbocycles. The molecular weight excluding hydrogens is 292 g/mol. The maximum absolute atomic E-state index is 12.4. The van der Waals surface area contributed by atoms with Gasteiger partial charge in [-0.25, -0.2) is 8.42 Å². The Hall–Kier alpha value is -0.890. The van der Waals surface area contributed by atoms with Gasteiger partial charge in [0, 0.05) is 19.6 Å². The maximum atomic E-state index is 12.4. The Bertz CT molecular complexity index is 519. The molecule has 1 aromatic rings. The monoisotopic (exact) mass is 316 g/mol. The zero-order valence-corrected chi connectivity index (χ0v) is 13.6. The summed E-state index contributed by atoms with van der Waals surface area (Å²) in [5, 5.41) is 3.17. The number of ether oxygens (including phenoxy) is 1. The zero-order chi connectivity index (χ0) is 15.5. The van der Waals surface area contributed by atoms with E-state index >= 15 is 0 Å². The van der Waals surface area contributed by atoms with Crippen LogP contribution < -0.4 is 5.32 Å². The third-order valence-corrected chi connectivity index (χ3v) is 5.36. The van der Waals surface area contributed by atoms with Crippen molar-refractivity contribution in [1.29, 1.82) is 0 Å². The van der Waals surface area contributed by atoms with Crippen molar-refractivity contribution in [3.05, 3.63) is 24.2 Å². The molecule has 0 amide bonds. The van der Waals surface area contributed by atoms with Gasteiger partial charge in [-0.15, -0.1) is 0 Å². The first-order valence-electron chi connectivity index (χ1n) is 7.28. The van der Waals surface area contributed by atoms with Crippen LogP contribution in [0.3, 0.4) is 0 Å². The molecule has 1 aromatic heterocycles. The minimum atomic E-state index is -3.25. The fourth-order valence-corrected chi connectivity index (χ4v) is 4.04. The number of hydrogen-bond acceptors (Lipinski definition) is 5. The molecular formula is C14H24N2O4S. The van der Waals surface area contributed by atoms with Gasteiger partial charge in [0.2, 0.25) is 10.0 Å². The van der Waals surface area contributed by atoms with E-state index in [9.17, 15) is 8.42 Å². The summed E-state index contributed by atoms with van der Waals surface area (Å²) in [5.74, 6) is 0.887. The normalized spacial score (nSPS) is 25.9. The first-order chi connectivity index (χ1) is 9.88. The average Bonchev–Trinajstić information content (AvgIpc) is 2.91. The largest absolute Gasteiger partial charge is 0.468 e. The van der Waals surface area contributed by atoms with Gasteiger partial charge in [0.25, 0.3) is 0 Å². The summed E-state index contributed by atoms with van der Waals surface area (Å²) in [4.78, 5) is 0. The lowest BCUT2D eigenvalue weighted by Gasteiger charge is -2.34. The minimum Gasteiger partial charge on any atom is -0.468 e. The van der Waals surface area contributed by atoms with Crippen LogP contribution >= 0.6 is 0 Å². The van der Waals surface area contributed by atoms with Gasteiger partial charge in [0.1, 0.15) is 5.76 Å². The molecule has 6 nitrogen and oxygen atoms in total. The van der Waals surface area contributed by atoms with E-state index in [1.165, 1.54) is 4.31 Å². The van der Waals surface area contributed by atoms with Crippen molar-refractivity contribution in [3.63, 3.8) is 0 Å². The lowest BCUT2D eigenvalue weighted by molar-refractivity contribution is -0.0440. The summed E-state index contributed by atoms with van der Waals surface area (Å²) in [5.41, 5.74) is 0. The van der Waals surface area contributed by atoms with Crippen LogP contribution in [-0.4, -0.2) is 50.3 Å². The molecule has 0 bridgehead atoms. The molecule has 0 unspecified atom stereocenters. The molecule has 1 fully saturated rings. The van der Waals surface area contributed by atoms with E-state index in [0.29, 0.717) is 19.6 Å². The van der Waals surface area contributed by atoms with Gasteiger partial charge in [-0.3, -0.25) is 0 Å². The zero-order valence-electron chi connectivity index (χ0n) is 12.8. The molecule has 1 aliphatic heterocycles.